The van der Waals surface area contributed by atoms with E-state index in [0.29, 0.717) is 16.5 Å². The number of hydrogen-bond acceptors (Lipinski definition) is 3. The average molecular weight is 229 g/mol. The Balaban J connectivity index is 2.92. The summed E-state index contributed by atoms with van der Waals surface area (Å²) in [7, 11) is 1.52. The lowest BCUT2D eigenvalue weighted by atomic mass is 10.2. The van der Waals surface area contributed by atoms with Gasteiger partial charge in [0.25, 0.3) is 0 Å². The second kappa shape index (κ2) is 5.00. The van der Waals surface area contributed by atoms with E-state index in [9.17, 15) is 4.79 Å². The fourth-order valence-electron chi connectivity index (χ4n) is 1.02. The lowest BCUT2D eigenvalue weighted by Gasteiger charge is -2.11. The number of benzene rings is 1. The Bertz CT molecular complexity index is 366. The third kappa shape index (κ3) is 3.11. The lowest BCUT2D eigenvalue weighted by molar-refractivity contribution is -0.117. The monoisotopic (exact) mass is 228 g/mol. The van der Waals surface area contributed by atoms with Crippen LogP contribution in [0.1, 0.15) is 6.92 Å². The molecule has 0 bridgehead atoms. The molecule has 5 heteroatoms. The number of rotatable bonds is 3. The van der Waals surface area contributed by atoms with E-state index >= 15 is 0 Å². The van der Waals surface area contributed by atoms with Crippen LogP contribution in [0.15, 0.2) is 18.2 Å². The molecule has 1 amide bonds. The van der Waals surface area contributed by atoms with Gasteiger partial charge in [0.2, 0.25) is 5.91 Å². The Morgan fingerprint density at radius 1 is 1.60 bits per heavy atom. The minimum absolute atomic E-state index is 0.282. The van der Waals surface area contributed by atoms with E-state index in [0.717, 1.165) is 0 Å². The molecule has 0 aliphatic heterocycles. The molecule has 0 radical (unpaired) electrons. The first-order valence-electron chi connectivity index (χ1n) is 4.44. The Labute approximate surface area is 93.4 Å². The normalized spacial score (nSPS) is 12.0. The van der Waals surface area contributed by atoms with Gasteiger partial charge >= 0.3 is 0 Å². The highest BCUT2D eigenvalue weighted by Crippen LogP contribution is 2.27. The maximum Gasteiger partial charge on any atom is 0.241 e. The Hall–Kier alpha value is -1.26. The van der Waals surface area contributed by atoms with E-state index < -0.39 is 6.04 Å². The van der Waals surface area contributed by atoms with Crippen molar-refractivity contribution in [1.82, 2.24) is 0 Å². The molecule has 1 aromatic rings. The van der Waals surface area contributed by atoms with Gasteiger partial charge in [0.15, 0.2) is 0 Å². The van der Waals surface area contributed by atoms with Crippen LogP contribution in [0, 0.1) is 0 Å². The highest BCUT2D eigenvalue weighted by molar-refractivity contribution is 6.31. The van der Waals surface area contributed by atoms with Crippen molar-refractivity contribution in [3.8, 4) is 5.75 Å². The molecular weight excluding hydrogens is 216 g/mol. The second-order valence-corrected chi connectivity index (χ2v) is 3.56. The summed E-state index contributed by atoms with van der Waals surface area (Å²) in [5.41, 5.74) is 5.95. The minimum Gasteiger partial charge on any atom is -0.495 e. The van der Waals surface area contributed by atoms with Gasteiger partial charge in [-0.15, -0.1) is 0 Å². The van der Waals surface area contributed by atoms with Crippen molar-refractivity contribution < 1.29 is 9.53 Å². The van der Waals surface area contributed by atoms with E-state index in [2.05, 4.69) is 5.32 Å². The number of carbonyl (C=O) groups excluding carboxylic acids is 1. The second-order valence-electron chi connectivity index (χ2n) is 3.12. The minimum atomic E-state index is -0.575. The largest absolute Gasteiger partial charge is 0.495 e. The molecule has 1 rings (SSSR count). The number of nitrogens with two attached hydrogens (primary N) is 1. The van der Waals surface area contributed by atoms with Gasteiger partial charge in [0.05, 0.1) is 18.8 Å². The fourth-order valence-corrected chi connectivity index (χ4v) is 1.20. The predicted octanol–water partition coefficient (Wildman–Crippen LogP) is 1.63. The zero-order valence-electron chi connectivity index (χ0n) is 8.58. The zero-order valence-corrected chi connectivity index (χ0v) is 9.34. The molecule has 0 aliphatic carbocycles. The summed E-state index contributed by atoms with van der Waals surface area (Å²) in [6.07, 6.45) is 0. The highest BCUT2D eigenvalue weighted by Gasteiger charge is 2.11. The summed E-state index contributed by atoms with van der Waals surface area (Å²) >= 11 is 5.80. The number of ether oxygens (including phenoxy) is 1. The van der Waals surface area contributed by atoms with E-state index in [-0.39, 0.29) is 5.91 Å². The molecule has 0 aliphatic rings. The number of nitrogens with one attached hydrogen (secondary N) is 1. The number of methoxy groups -OCH3 is 1. The van der Waals surface area contributed by atoms with E-state index in [1.54, 1.807) is 25.1 Å². The van der Waals surface area contributed by atoms with Gasteiger partial charge in [-0.2, -0.15) is 0 Å². The van der Waals surface area contributed by atoms with Crippen LogP contribution in [0.2, 0.25) is 5.02 Å². The molecule has 0 saturated carbocycles. The number of carbonyl (C=O) groups is 1. The van der Waals surface area contributed by atoms with Crippen molar-refractivity contribution in [2.75, 3.05) is 12.4 Å². The summed E-state index contributed by atoms with van der Waals surface area (Å²) in [5.74, 6) is 0.268. The topological polar surface area (TPSA) is 64.3 Å². The molecule has 1 aromatic carbocycles. The standard InChI is InChI=1S/C10H13ClN2O2/c1-6(12)10(14)13-8-5-7(11)3-4-9(8)15-2/h3-6H,12H2,1-2H3,(H,13,14)/t6-/m0/s1. The van der Waals surface area contributed by atoms with Crippen LogP contribution >= 0.6 is 11.6 Å². The van der Waals surface area contributed by atoms with Gasteiger partial charge in [-0.05, 0) is 25.1 Å². The molecule has 82 valence electrons. The van der Waals surface area contributed by atoms with E-state index in [1.807, 2.05) is 0 Å². The molecule has 1 atom stereocenters. The van der Waals surface area contributed by atoms with E-state index in [4.69, 9.17) is 22.1 Å². The van der Waals surface area contributed by atoms with Crippen LogP contribution < -0.4 is 15.8 Å². The van der Waals surface area contributed by atoms with Crippen molar-refractivity contribution in [2.45, 2.75) is 13.0 Å². The number of amides is 1. The van der Waals surface area contributed by atoms with Gasteiger partial charge in [0.1, 0.15) is 5.75 Å². The number of anilines is 1. The average Bonchev–Trinajstić information content (AvgIpc) is 2.18. The van der Waals surface area contributed by atoms with Crippen LogP contribution in [0.5, 0.6) is 5.75 Å². The highest BCUT2D eigenvalue weighted by atomic mass is 35.5. The van der Waals surface area contributed by atoms with Crippen LogP contribution in [0.25, 0.3) is 0 Å². The Kier molecular flexibility index (Phi) is 3.94. The van der Waals surface area contributed by atoms with Crippen LogP contribution in [0.3, 0.4) is 0 Å². The molecular formula is C10H13ClN2O2. The first kappa shape index (κ1) is 11.8. The molecule has 0 aromatic heterocycles. The lowest BCUT2D eigenvalue weighted by Crippen LogP contribution is -2.32. The molecule has 0 unspecified atom stereocenters. The molecule has 0 spiro atoms. The van der Waals surface area contributed by atoms with E-state index in [1.165, 1.54) is 7.11 Å². The summed E-state index contributed by atoms with van der Waals surface area (Å²) in [4.78, 5) is 11.4. The van der Waals surface area contributed by atoms with Crippen molar-refractivity contribution in [1.29, 1.82) is 0 Å². The SMILES string of the molecule is COc1ccc(Cl)cc1NC(=O)[C@H](C)N. The third-order valence-electron chi connectivity index (χ3n) is 1.83. The summed E-state index contributed by atoms with van der Waals surface area (Å²) in [5, 5.41) is 3.15. The summed E-state index contributed by atoms with van der Waals surface area (Å²) in [6, 6.07) is 4.40. The van der Waals surface area contributed by atoms with Crippen molar-refractivity contribution >= 4 is 23.2 Å². The summed E-state index contributed by atoms with van der Waals surface area (Å²) < 4.78 is 5.07. The van der Waals surface area contributed by atoms with Gasteiger partial charge in [-0.3, -0.25) is 4.79 Å². The maximum atomic E-state index is 11.4. The van der Waals surface area contributed by atoms with Gasteiger partial charge in [-0.25, -0.2) is 0 Å². The van der Waals surface area contributed by atoms with Gasteiger partial charge in [0, 0.05) is 5.02 Å². The van der Waals surface area contributed by atoms with Crippen molar-refractivity contribution in [2.24, 2.45) is 5.73 Å². The first-order chi connectivity index (χ1) is 7.04. The van der Waals surface area contributed by atoms with Crippen molar-refractivity contribution in [3.63, 3.8) is 0 Å². The number of halogens is 1. The smallest absolute Gasteiger partial charge is 0.241 e. The molecule has 0 heterocycles. The predicted molar refractivity (Wildman–Crippen MR) is 60.3 cm³/mol. The molecule has 3 N–H and O–H groups in total. The third-order valence-corrected chi connectivity index (χ3v) is 2.07. The molecule has 0 fully saturated rings. The molecule has 15 heavy (non-hydrogen) atoms. The van der Waals surface area contributed by atoms with Crippen molar-refractivity contribution in [3.05, 3.63) is 23.2 Å². The van der Waals surface area contributed by atoms with Crippen LogP contribution in [0.4, 0.5) is 5.69 Å². The molecule has 0 saturated heterocycles. The van der Waals surface area contributed by atoms with Gasteiger partial charge in [-0.1, -0.05) is 11.6 Å². The summed E-state index contributed by atoms with van der Waals surface area (Å²) in [6.45, 7) is 1.60. The maximum absolute atomic E-state index is 11.4. The Morgan fingerprint density at radius 3 is 2.80 bits per heavy atom. The quantitative estimate of drug-likeness (QED) is 0.827. The van der Waals surface area contributed by atoms with Gasteiger partial charge < -0.3 is 15.8 Å². The Morgan fingerprint density at radius 2 is 2.27 bits per heavy atom. The van der Waals surface area contributed by atoms with Crippen LogP contribution in [-0.2, 0) is 4.79 Å². The molecule has 4 nitrogen and oxygen atoms in total. The van der Waals surface area contributed by atoms with Crippen LogP contribution in [-0.4, -0.2) is 19.1 Å². The first-order valence-corrected chi connectivity index (χ1v) is 4.82. The zero-order chi connectivity index (χ0) is 11.4. The fraction of sp³-hybridized carbons (Fsp3) is 0.300. The number of hydrogen-bond donors (Lipinski definition) is 2.